The third-order valence-corrected chi connectivity index (χ3v) is 10.4. The Morgan fingerprint density at radius 3 is 2.54 bits per heavy atom. The molecule has 0 bridgehead atoms. The highest BCUT2D eigenvalue weighted by atomic mass is 32.2. The second-order valence-electron chi connectivity index (χ2n) is 11.0. The first-order chi connectivity index (χ1) is 18.7. The van der Waals surface area contributed by atoms with Gasteiger partial charge in [0.15, 0.2) is 5.78 Å². The molecule has 2 amide bonds. The standard InChI is InChI=1S/C29H35N3O6S/c1-2-25(33)23(14-18-8-7-13-26(18)34)31-28(35)27-22-12-6-9-19(22)17-32(27)29(36)24-15-21(16-30-24)39(37,38)20-10-4-3-5-11-20/h3-5,10-11,15-16,18-19,22-23,27,30H,2,6-9,12-14,17H2,1H3,(H,31,35). The van der Waals surface area contributed by atoms with Gasteiger partial charge < -0.3 is 15.2 Å². The van der Waals surface area contributed by atoms with Crippen molar-refractivity contribution in [2.24, 2.45) is 17.8 Å². The van der Waals surface area contributed by atoms with E-state index in [1.165, 1.54) is 29.3 Å². The number of carbonyl (C=O) groups is 4. The maximum absolute atomic E-state index is 13.7. The Morgan fingerprint density at radius 2 is 1.85 bits per heavy atom. The topological polar surface area (TPSA) is 133 Å². The van der Waals surface area contributed by atoms with E-state index in [0.29, 0.717) is 19.4 Å². The van der Waals surface area contributed by atoms with Crippen molar-refractivity contribution in [2.45, 2.75) is 80.2 Å². The summed E-state index contributed by atoms with van der Waals surface area (Å²) >= 11 is 0. The molecule has 1 saturated heterocycles. The van der Waals surface area contributed by atoms with E-state index in [1.807, 2.05) is 0 Å². The van der Waals surface area contributed by atoms with Crippen molar-refractivity contribution in [3.05, 3.63) is 48.3 Å². The summed E-state index contributed by atoms with van der Waals surface area (Å²) < 4.78 is 26.1. The highest BCUT2D eigenvalue weighted by molar-refractivity contribution is 7.91. The number of H-pyrrole nitrogens is 1. The molecule has 0 spiro atoms. The van der Waals surface area contributed by atoms with Crippen molar-refractivity contribution >= 4 is 33.2 Å². The van der Waals surface area contributed by atoms with Crippen molar-refractivity contribution in [3.63, 3.8) is 0 Å². The Balaban J connectivity index is 1.37. The first-order valence-electron chi connectivity index (χ1n) is 13.9. The number of likely N-dealkylation sites (tertiary alicyclic amines) is 1. The van der Waals surface area contributed by atoms with Crippen LogP contribution in [0, 0.1) is 17.8 Å². The number of hydrogen-bond acceptors (Lipinski definition) is 6. The Hall–Kier alpha value is -3.27. The Morgan fingerprint density at radius 1 is 1.08 bits per heavy atom. The number of nitrogens with zero attached hydrogens (tertiary/aromatic N) is 1. The summed E-state index contributed by atoms with van der Waals surface area (Å²) in [6, 6.07) is 7.80. The van der Waals surface area contributed by atoms with Crippen LogP contribution in [-0.4, -0.2) is 60.3 Å². The number of nitrogens with one attached hydrogen (secondary N) is 2. The summed E-state index contributed by atoms with van der Waals surface area (Å²) in [4.78, 5) is 56.9. The number of hydrogen-bond donors (Lipinski definition) is 2. The highest BCUT2D eigenvalue weighted by Gasteiger charge is 2.50. The monoisotopic (exact) mass is 553 g/mol. The largest absolute Gasteiger partial charge is 0.356 e. The van der Waals surface area contributed by atoms with E-state index in [1.54, 1.807) is 25.1 Å². The van der Waals surface area contributed by atoms with Gasteiger partial charge in [-0.15, -0.1) is 0 Å². The van der Waals surface area contributed by atoms with E-state index in [-0.39, 0.29) is 57.1 Å². The number of Topliss-reactive ketones (excluding diaryl/α,β-unsaturated/α-hetero) is 2. The zero-order valence-electron chi connectivity index (χ0n) is 22.1. The average molecular weight is 554 g/mol. The lowest BCUT2D eigenvalue weighted by Crippen LogP contribution is -2.53. The Labute approximate surface area is 228 Å². The van der Waals surface area contributed by atoms with Crippen LogP contribution in [0.5, 0.6) is 0 Å². The molecule has 3 aliphatic rings. The molecule has 1 aliphatic heterocycles. The van der Waals surface area contributed by atoms with Gasteiger partial charge in [0.05, 0.1) is 15.8 Å². The molecule has 1 aromatic heterocycles. The fourth-order valence-corrected chi connectivity index (χ4v) is 7.86. The van der Waals surface area contributed by atoms with Crippen LogP contribution in [0.25, 0.3) is 0 Å². The second kappa shape index (κ2) is 11.1. The number of fused-ring (bicyclic) bond motifs is 1. The maximum Gasteiger partial charge on any atom is 0.271 e. The van der Waals surface area contributed by atoms with E-state index in [2.05, 4.69) is 10.3 Å². The van der Waals surface area contributed by atoms with E-state index in [4.69, 9.17) is 0 Å². The molecule has 2 heterocycles. The predicted octanol–water partition coefficient (Wildman–Crippen LogP) is 3.31. The summed E-state index contributed by atoms with van der Waals surface area (Å²) in [6.45, 7) is 2.14. The smallest absolute Gasteiger partial charge is 0.271 e. The molecule has 5 atom stereocenters. The molecule has 9 nitrogen and oxygen atoms in total. The zero-order chi connectivity index (χ0) is 27.7. The van der Waals surface area contributed by atoms with Crippen molar-refractivity contribution in [2.75, 3.05) is 6.54 Å². The molecule has 2 aromatic rings. The van der Waals surface area contributed by atoms with Crippen LogP contribution in [0.2, 0.25) is 0 Å². The van der Waals surface area contributed by atoms with Gasteiger partial charge in [0.1, 0.15) is 17.5 Å². The van der Waals surface area contributed by atoms with E-state index >= 15 is 0 Å². The molecule has 2 N–H and O–H groups in total. The van der Waals surface area contributed by atoms with Crippen LogP contribution in [0.4, 0.5) is 0 Å². The molecule has 2 aliphatic carbocycles. The molecule has 5 unspecified atom stereocenters. The molecule has 0 radical (unpaired) electrons. The van der Waals surface area contributed by atoms with Crippen LogP contribution >= 0.6 is 0 Å². The number of amides is 2. The van der Waals surface area contributed by atoms with E-state index < -0.39 is 27.8 Å². The lowest BCUT2D eigenvalue weighted by atomic mass is 9.91. The average Bonchev–Trinajstić information content (AvgIpc) is 3.73. The molecule has 5 rings (SSSR count). The van der Waals surface area contributed by atoms with Crippen LogP contribution < -0.4 is 5.32 Å². The molecule has 208 valence electrons. The first kappa shape index (κ1) is 27.3. The summed E-state index contributed by atoms with van der Waals surface area (Å²) in [5.41, 5.74) is 0.0972. The van der Waals surface area contributed by atoms with Gasteiger partial charge in [-0.05, 0) is 62.1 Å². The predicted molar refractivity (Wildman–Crippen MR) is 143 cm³/mol. The van der Waals surface area contributed by atoms with Gasteiger partial charge in [0.2, 0.25) is 15.7 Å². The minimum absolute atomic E-state index is 0.0210. The number of sulfone groups is 1. The molecular weight excluding hydrogens is 518 g/mol. The van der Waals surface area contributed by atoms with Crippen molar-refractivity contribution in [1.29, 1.82) is 0 Å². The van der Waals surface area contributed by atoms with Crippen molar-refractivity contribution < 1.29 is 27.6 Å². The number of aromatic nitrogens is 1. The third-order valence-electron chi connectivity index (χ3n) is 8.68. The molecule has 2 saturated carbocycles. The Bertz CT molecular complexity index is 1370. The highest BCUT2D eigenvalue weighted by Crippen LogP contribution is 2.43. The van der Waals surface area contributed by atoms with Crippen LogP contribution in [0.15, 0.2) is 52.4 Å². The zero-order valence-corrected chi connectivity index (χ0v) is 22.9. The normalized spacial score (nSPS) is 25.5. The van der Waals surface area contributed by atoms with Gasteiger partial charge in [-0.1, -0.05) is 31.5 Å². The fraction of sp³-hybridized carbons (Fsp3) is 0.517. The lowest BCUT2D eigenvalue weighted by molar-refractivity contribution is -0.131. The van der Waals surface area contributed by atoms with Crippen LogP contribution in [0.3, 0.4) is 0 Å². The summed E-state index contributed by atoms with van der Waals surface area (Å²) in [5, 5.41) is 2.92. The van der Waals surface area contributed by atoms with Gasteiger partial charge in [-0.3, -0.25) is 19.2 Å². The maximum atomic E-state index is 13.7. The quantitative estimate of drug-likeness (QED) is 0.490. The number of aromatic amines is 1. The number of carbonyl (C=O) groups excluding carboxylic acids is 4. The minimum atomic E-state index is -3.81. The van der Waals surface area contributed by atoms with E-state index in [0.717, 1.165) is 32.1 Å². The number of ketones is 2. The summed E-state index contributed by atoms with van der Waals surface area (Å²) in [7, 11) is -3.81. The Kier molecular flexibility index (Phi) is 7.75. The molecule has 3 fully saturated rings. The van der Waals surface area contributed by atoms with E-state index in [9.17, 15) is 27.6 Å². The molecule has 39 heavy (non-hydrogen) atoms. The molecular formula is C29H35N3O6S. The molecule has 1 aromatic carbocycles. The van der Waals surface area contributed by atoms with Gasteiger partial charge in [-0.2, -0.15) is 0 Å². The lowest BCUT2D eigenvalue weighted by Gasteiger charge is -2.29. The van der Waals surface area contributed by atoms with Crippen LogP contribution in [-0.2, 0) is 24.2 Å². The second-order valence-corrected chi connectivity index (χ2v) is 12.9. The minimum Gasteiger partial charge on any atom is -0.356 e. The number of rotatable bonds is 9. The third kappa shape index (κ3) is 5.31. The number of benzene rings is 1. The van der Waals surface area contributed by atoms with Gasteiger partial charge in [-0.25, -0.2) is 8.42 Å². The van der Waals surface area contributed by atoms with Gasteiger partial charge >= 0.3 is 0 Å². The van der Waals surface area contributed by atoms with Crippen molar-refractivity contribution in [3.8, 4) is 0 Å². The van der Waals surface area contributed by atoms with Crippen molar-refractivity contribution in [1.82, 2.24) is 15.2 Å². The summed E-state index contributed by atoms with van der Waals surface area (Å²) in [5.74, 6) is -0.884. The SMILES string of the molecule is CCC(=O)C(CC1CCCC1=O)NC(=O)C1C2CCCC2CN1C(=O)c1cc(S(=O)(=O)c2ccccc2)c[nH]1. The fourth-order valence-electron chi connectivity index (χ4n) is 6.59. The van der Waals surface area contributed by atoms with Gasteiger partial charge in [0.25, 0.3) is 5.91 Å². The molecule has 10 heteroatoms. The van der Waals surface area contributed by atoms with Gasteiger partial charge in [0, 0.05) is 31.5 Å². The first-order valence-corrected chi connectivity index (χ1v) is 15.3. The van der Waals surface area contributed by atoms with Crippen LogP contribution in [0.1, 0.15) is 68.8 Å². The summed E-state index contributed by atoms with van der Waals surface area (Å²) in [6.07, 6.45) is 6.56.